The second kappa shape index (κ2) is 8.12. The third-order valence-corrected chi connectivity index (χ3v) is 5.81. The number of allylic oxidation sites excluding steroid dienone is 1. The van der Waals surface area contributed by atoms with Crippen LogP contribution in [0.15, 0.2) is 75.7 Å². The maximum absolute atomic E-state index is 13.4. The number of phenols is 1. The quantitative estimate of drug-likeness (QED) is 0.658. The highest BCUT2D eigenvalue weighted by atomic mass is 32.1. The lowest BCUT2D eigenvalue weighted by Gasteiger charge is -2.24. The summed E-state index contributed by atoms with van der Waals surface area (Å²) in [6, 6.07) is 15.4. The fraction of sp³-hybridized carbons (Fsp3) is 0.174. The molecule has 4 rings (SSSR count). The SMILES string of the molecule is CCOC(=O)C1=C(C)N=c2s/c(=C\c3ccccc3)c(=O)n2[C@@H]1c1ccc(O)cc1. The molecule has 3 aromatic rings. The molecule has 0 spiro atoms. The number of carbonyl (C=O) groups excluding carboxylic acids is 1. The molecule has 0 unspecified atom stereocenters. The Balaban J connectivity index is 1.96. The van der Waals surface area contributed by atoms with E-state index >= 15 is 0 Å². The number of rotatable bonds is 4. The van der Waals surface area contributed by atoms with Gasteiger partial charge in [-0.3, -0.25) is 9.36 Å². The minimum Gasteiger partial charge on any atom is -0.508 e. The van der Waals surface area contributed by atoms with Crippen LogP contribution in [0.2, 0.25) is 0 Å². The predicted molar refractivity (Wildman–Crippen MR) is 115 cm³/mol. The highest BCUT2D eigenvalue weighted by Gasteiger charge is 2.33. The van der Waals surface area contributed by atoms with Crippen LogP contribution in [-0.2, 0) is 9.53 Å². The lowest BCUT2D eigenvalue weighted by molar-refractivity contribution is -0.139. The van der Waals surface area contributed by atoms with E-state index in [0.29, 0.717) is 26.2 Å². The number of phenolic OH excluding ortho intramolecular Hbond substituents is 1. The molecular formula is C23H20N2O4S. The summed E-state index contributed by atoms with van der Waals surface area (Å²) in [6.45, 7) is 3.70. The van der Waals surface area contributed by atoms with Crippen molar-refractivity contribution in [3.63, 3.8) is 0 Å². The summed E-state index contributed by atoms with van der Waals surface area (Å²) < 4.78 is 7.32. The van der Waals surface area contributed by atoms with Crippen LogP contribution in [0.4, 0.5) is 0 Å². The molecule has 0 amide bonds. The summed E-state index contributed by atoms with van der Waals surface area (Å²) in [5, 5.41) is 9.69. The smallest absolute Gasteiger partial charge is 0.338 e. The second-order valence-electron chi connectivity index (χ2n) is 6.80. The minimum atomic E-state index is -0.682. The van der Waals surface area contributed by atoms with Crippen LogP contribution >= 0.6 is 11.3 Å². The molecule has 7 heteroatoms. The maximum Gasteiger partial charge on any atom is 0.338 e. The Labute approximate surface area is 176 Å². The first-order valence-corrected chi connectivity index (χ1v) is 10.3. The van der Waals surface area contributed by atoms with Gasteiger partial charge in [-0.1, -0.05) is 53.8 Å². The third kappa shape index (κ3) is 3.59. The predicted octanol–water partition coefficient (Wildman–Crippen LogP) is 2.50. The van der Waals surface area contributed by atoms with E-state index in [-0.39, 0.29) is 17.9 Å². The van der Waals surface area contributed by atoms with Gasteiger partial charge in [0.25, 0.3) is 5.56 Å². The van der Waals surface area contributed by atoms with Crippen molar-refractivity contribution >= 4 is 23.4 Å². The Bertz CT molecular complexity index is 1300. The van der Waals surface area contributed by atoms with E-state index in [0.717, 1.165) is 5.56 Å². The van der Waals surface area contributed by atoms with Crippen molar-refractivity contribution in [2.75, 3.05) is 6.61 Å². The molecule has 152 valence electrons. The first-order valence-electron chi connectivity index (χ1n) is 9.53. The van der Waals surface area contributed by atoms with E-state index in [2.05, 4.69) is 4.99 Å². The van der Waals surface area contributed by atoms with Crippen molar-refractivity contribution in [1.29, 1.82) is 0 Å². The lowest BCUT2D eigenvalue weighted by atomic mass is 9.96. The Morgan fingerprint density at radius 2 is 1.90 bits per heavy atom. The van der Waals surface area contributed by atoms with E-state index in [1.807, 2.05) is 36.4 Å². The molecule has 2 aromatic carbocycles. The molecule has 1 aliphatic rings. The van der Waals surface area contributed by atoms with Gasteiger partial charge in [0.05, 0.1) is 28.5 Å². The molecule has 1 atom stereocenters. The van der Waals surface area contributed by atoms with Crippen molar-refractivity contribution in [1.82, 2.24) is 4.57 Å². The Morgan fingerprint density at radius 1 is 1.20 bits per heavy atom. The number of ether oxygens (including phenoxy) is 1. The van der Waals surface area contributed by atoms with Crippen LogP contribution in [0.3, 0.4) is 0 Å². The van der Waals surface area contributed by atoms with E-state index < -0.39 is 12.0 Å². The summed E-state index contributed by atoms with van der Waals surface area (Å²) in [5.41, 5.74) is 2.21. The number of fused-ring (bicyclic) bond motifs is 1. The first-order chi connectivity index (χ1) is 14.5. The number of thiazole rings is 1. The van der Waals surface area contributed by atoms with Gasteiger partial charge in [0, 0.05) is 0 Å². The van der Waals surface area contributed by atoms with Crippen LogP contribution in [-0.4, -0.2) is 22.2 Å². The van der Waals surface area contributed by atoms with Gasteiger partial charge in [-0.05, 0) is 43.2 Å². The third-order valence-electron chi connectivity index (χ3n) is 4.82. The van der Waals surface area contributed by atoms with Crippen molar-refractivity contribution in [2.24, 2.45) is 4.99 Å². The molecule has 1 aliphatic heterocycles. The monoisotopic (exact) mass is 420 g/mol. The molecule has 2 heterocycles. The average molecular weight is 420 g/mol. The maximum atomic E-state index is 13.4. The second-order valence-corrected chi connectivity index (χ2v) is 7.81. The largest absolute Gasteiger partial charge is 0.508 e. The molecule has 0 saturated heterocycles. The van der Waals surface area contributed by atoms with Gasteiger partial charge in [0.2, 0.25) is 0 Å². The Hall–Kier alpha value is -3.45. The topological polar surface area (TPSA) is 80.9 Å². The summed E-state index contributed by atoms with van der Waals surface area (Å²) in [5.74, 6) is -0.400. The molecule has 1 N–H and O–H groups in total. The number of aromatic hydroxyl groups is 1. The molecular weight excluding hydrogens is 400 g/mol. The van der Waals surface area contributed by atoms with Crippen LogP contribution < -0.4 is 14.9 Å². The number of esters is 1. The average Bonchev–Trinajstić information content (AvgIpc) is 3.03. The molecule has 6 nitrogen and oxygen atoms in total. The van der Waals surface area contributed by atoms with Gasteiger partial charge < -0.3 is 9.84 Å². The van der Waals surface area contributed by atoms with E-state index in [9.17, 15) is 14.7 Å². The van der Waals surface area contributed by atoms with Gasteiger partial charge in [0.1, 0.15) is 5.75 Å². The highest BCUT2D eigenvalue weighted by molar-refractivity contribution is 7.07. The number of hydrogen-bond donors (Lipinski definition) is 1. The Kier molecular flexibility index (Phi) is 5.37. The zero-order valence-electron chi connectivity index (χ0n) is 16.5. The van der Waals surface area contributed by atoms with Crippen molar-refractivity contribution in [3.8, 4) is 5.75 Å². The van der Waals surface area contributed by atoms with Crippen LogP contribution in [0.25, 0.3) is 6.08 Å². The number of nitrogens with zero attached hydrogens (tertiary/aromatic N) is 2. The van der Waals surface area contributed by atoms with Gasteiger partial charge in [-0.15, -0.1) is 0 Å². The molecule has 30 heavy (non-hydrogen) atoms. The van der Waals surface area contributed by atoms with Gasteiger partial charge in [-0.2, -0.15) is 0 Å². The van der Waals surface area contributed by atoms with Gasteiger partial charge in [-0.25, -0.2) is 9.79 Å². The van der Waals surface area contributed by atoms with Crippen LogP contribution in [0.1, 0.15) is 31.0 Å². The Morgan fingerprint density at radius 3 is 2.57 bits per heavy atom. The normalized spacial score (nSPS) is 16.2. The van der Waals surface area contributed by atoms with E-state index in [4.69, 9.17) is 4.74 Å². The molecule has 0 aliphatic carbocycles. The van der Waals surface area contributed by atoms with Gasteiger partial charge in [0.15, 0.2) is 4.80 Å². The molecule has 0 fully saturated rings. The van der Waals surface area contributed by atoms with Crippen LogP contribution in [0, 0.1) is 0 Å². The lowest BCUT2D eigenvalue weighted by Crippen LogP contribution is -2.39. The zero-order valence-corrected chi connectivity index (χ0v) is 17.3. The van der Waals surface area contributed by atoms with Gasteiger partial charge >= 0.3 is 5.97 Å². The van der Waals surface area contributed by atoms with E-state index in [1.54, 1.807) is 26.0 Å². The van der Waals surface area contributed by atoms with Crippen molar-refractivity contribution in [2.45, 2.75) is 19.9 Å². The fourth-order valence-electron chi connectivity index (χ4n) is 3.46. The standard InChI is InChI=1S/C23H20N2O4S/c1-3-29-22(28)19-14(2)24-23-25(20(19)16-9-11-17(26)12-10-16)21(27)18(30-23)13-15-7-5-4-6-8-15/h4-13,20,26H,3H2,1-2H3/b18-13-/t20-/m1/s1. The van der Waals surface area contributed by atoms with Crippen molar-refractivity contribution < 1.29 is 14.6 Å². The minimum absolute atomic E-state index is 0.105. The number of hydrogen-bond acceptors (Lipinski definition) is 6. The van der Waals surface area contributed by atoms with E-state index in [1.165, 1.54) is 28.0 Å². The summed E-state index contributed by atoms with van der Waals surface area (Å²) in [4.78, 5) is 31.2. The van der Waals surface area contributed by atoms with Crippen LogP contribution in [0.5, 0.6) is 5.75 Å². The molecule has 1 aromatic heterocycles. The molecule has 0 bridgehead atoms. The highest BCUT2D eigenvalue weighted by Crippen LogP contribution is 2.31. The summed E-state index contributed by atoms with van der Waals surface area (Å²) in [7, 11) is 0. The summed E-state index contributed by atoms with van der Waals surface area (Å²) in [6.07, 6.45) is 1.82. The van der Waals surface area contributed by atoms with Crippen molar-refractivity contribution in [3.05, 3.63) is 96.7 Å². The number of benzene rings is 2. The number of carbonyl (C=O) groups is 1. The molecule has 0 radical (unpaired) electrons. The number of aromatic nitrogens is 1. The molecule has 0 saturated carbocycles. The fourth-order valence-corrected chi connectivity index (χ4v) is 4.51. The zero-order chi connectivity index (χ0) is 21.3. The first kappa shape index (κ1) is 19.8. The summed E-state index contributed by atoms with van der Waals surface area (Å²) >= 11 is 1.28.